The third kappa shape index (κ3) is 3.76. The van der Waals surface area contributed by atoms with E-state index in [0.29, 0.717) is 34.1 Å². The lowest BCUT2D eigenvalue weighted by Gasteiger charge is -2.27. The number of fused-ring (bicyclic) bond motifs is 1. The van der Waals surface area contributed by atoms with Gasteiger partial charge in [-0.3, -0.25) is 9.89 Å². The van der Waals surface area contributed by atoms with Crippen molar-refractivity contribution < 1.29 is 14.3 Å². The van der Waals surface area contributed by atoms with Crippen LogP contribution in [0.25, 0.3) is 11.3 Å². The Bertz CT molecular complexity index is 1330. The highest BCUT2D eigenvalue weighted by atomic mass is 35.5. The summed E-state index contributed by atoms with van der Waals surface area (Å²) in [5.41, 5.74) is 4.90. The summed E-state index contributed by atoms with van der Waals surface area (Å²) < 4.78 is 13.4. The minimum atomic E-state index is -0.435. The number of rotatable bonds is 5. The molecular formula is C26H21ClFN3O2. The Balaban J connectivity index is 1.65. The number of aromatic amines is 1. The maximum absolute atomic E-state index is 13.5. The van der Waals surface area contributed by atoms with Gasteiger partial charge in [0.05, 0.1) is 6.04 Å². The first-order chi connectivity index (χ1) is 16.0. The zero-order valence-electron chi connectivity index (χ0n) is 17.8. The van der Waals surface area contributed by atoms with Crippen LogP contribution in [0.5, 0.6) is 5.75 Å². The molecule has 33 heavy (non-hydrogen) atoms. The monoisotopic (exact) mass is 461 g/mol. The average Bonchev–Trinajstić information content (AvgIpc) is 3.36. The Morgan fingerprint density at radius 3 is 2.45 bits per heavy atom. The van der Waals surface area contributed by atoms with Crippen LogP contribution in [0.3, 0.4) is 0 Å². The molecule has 2 heterocycles. The number of hydrogen-bond acceptors (Lipinski definition) is 3. The SMILES string of the molecule is CCc1ccc(C2c3c(-c4cc(Cl)ccc4O)n[nH]c3C(=O)N2Cc2ccc(F)cc2)cc1. The molecule has 0 saturated carbocycles. The van der Waals surface area contributed by atoms with Crippen molar-refractivity contribution in [2.45, 2.75) is 25.9 Å². The number of aryl methyl sites for hydroxylation is 1. The molecule has 1 aliphatic heterocycles. The van der Waals surface area contributed by atoms with Gasteiger partial charge in [0, 0.05) is 22.7 Å². The highest BCUT2D eigenvalue weighted by Gasteiger charge is 2.42. The van der Waals surface area contributed by atoms with E-state index in [1.807, 2.05) is 24.3 Å². The number of aromatic hydroxyl groups is 1. The summed E-state index contributed by atoms with van der Waals surface area (Å²) in [4.78, 5) is 15.2. The minimum Gasteiger partial charge on any atom is -0.507 e. The summed E-state index contributed by atoms with van der Waals surface area (Å²) in [6.07, 6.45) is 0.905. The Kier molecular flexibility index (Phi) is 5.38. The predicted octanol–water partition coefficient (Wildman–Crippen LogP) is 5.88. The first kappa shape index (κ1) is 21.2. The molecule has 1 amide bonds. The van der Waals surface area contributed by atoms with Crippen LogP contribution >= 0.6 is 11.6 Å². The molecule has 0 bridgehead atoms. The number of nitrogens with zero attached hydrogens (tertiary/aromatic N) is 2. The molecule has 1 aliphatic rings. The highest BCUT2D eigenvalue weighted by molar-refractivity contribution is 6.31. The summed E-state index contributed by atoms with van der Waals surface area (Å²) in [6, 6.07) is 18.5. The van der Waals surface area contributed by atoms with Crippen LogP contribution in [-0.2, 0) is 13.0 Å². The van der Waals surface area contributed by atoms with Gasteiger partial charge in [-0.2, -0.15) is 5.10 Å². The van der Waals surface area contributed by atoms with Crippen molar-refractivity contribution in [3.8, 4) is 17.0 Å². The van der Waals surface area contributed by atoms with Gasteiger partial charge in [-0.15, -0.1) is 0 Å². The van der Waals surface area contributed by atoms with Gasteiger partial charge < -0.3 is 10.0 Å². The molecule has 0 aliphatic carbocycles. The van der Waals surface area contributed by atoms with Crippen molar-refractivity contribution in [1.29, 1.82) is 0 Å². The Hall–Kier alpha value is -3.64. The third-order valence-corrected chi connectivity index (χ3v) is 6.28. The molecule has 166 valence electrons. The van der Waals surface area contributed by atoms with Gasteiger partial charge in [-0.1, -0.05) is 54.9 Å². The van der Waals surface area contributed by atoms with E-state index < -0.39 is 6.04 Å². The fourth-order valence-corrected chi connectivity index (χ4v) is 4.50. The lowest BCUT2D eigenvalue weighted by atomic mass is 9.94. The number of H-pyrrole nitrogens is 1. The molecule has 5 rings (SSSR count). The number of carbonyl (C=O) groups is 1. The van der Waals surface area contributed by atoms with Crippen molar-refractivity contribution in [2.24, 2.45) is 0 Å². The number of amides is 1. The van der Waals surface area contributed by atoms with Crippen LogP contribution in [-0.4, -0.2) is 26.1 Å². The number of carbonyl (C=O) groups excluding carboxylic acids is 1. The van der Waals surface area contributed by atoms with Gasteiger partial charge in [0.1, 0.15) is 23.0 Å². The number of nitrogens with one attached hydrogen (secondary N) is 1. The maximum Gasteiger partial charge on any atom is 0.273 e. The molecule has 0 spiro atoms. The van der Waals surface area contributed by atoms with Gasteiger partial charge in [0.15, 0.2) is 0 Å². The predicted molar refractivity (Wildman–Crippen MR) is 125 cm³/mol. The van der Waals surface area contributed by atoms with E-state index in [-0.39, 0.29) is 17.5 Å². The summed E-state index contributed by atoms with van der Waals surface area (Å²) in [6.45, 7) is 2.38. The van der Waals surface area contributed by atoms with E-state index in [4.69, 9.17) is 11.6 Å². The largest absolute Gasteiger partial charge is 0.507 e. The first-order valence-electron chi connectivity index (χ1n) is 10.7. The zero-order chi connectivity index (χ0) is 23.1. The van der Waals surface area contributed by atoms with Gasteiger partial charge >= 0.3 is 0 Å². The zero-order valence-corrected chi connectivity index (χ0v) is 18.6. The van der Waals surface area contributed by atoms with Crippen LogP contribution in [0.4, 0.5) is 4.39 Å². The standard InChI is InChI=1S/C26H21ClFN3O2/c1-2-15-3-7-17(8-4-15)25-22-23(20-13-18(27)9-12-21(20)32)29-30-24(22)26(33)31(25)14-16-5-10-19(28)11-6-16/h3-13,25,32H,2,14H2,1H3,(H,29,30). The topological polar surface area (TPSA) is 69.2 Å². The average molecular weight is 462 g/mol. The third-order valence-electron chi connectivity index (χ3n) is 6.05. The number of aromatic nitrogens is 2. The lowest BCUT2D eigenvalue weighted by molar-refractivity contribution is 0.0730. The number of hydrogen-bond donors (Lipinski definition) is 2. The molecule has 2 N–H and O–H groups in total. The molecule has 0 saturated heterocycles. The molecule has 5 nitrogen and oxygen atoms in total. The van der Waals surface area contributed by atoms with E-state index in [2.05, 4.69) is 17.1 Å². The van der Waals surface area contributed by atoms with Gasteiger partial charge in [-0.05, 0) is 53.4 Å². The van der Waals surface area contributed by atoms with E-state index >= 15 is 0 Å². The summed E-state index contributed by atoms with van der Waals surface area (Å²) in [5.74, 6) is -0.510. The van der Waals surface area contributed by atoms with Gasteiger partial charge in [0.2, 0.25) is 0 Å². The first-order valence-corrected chi connectivity index (χ1v) is 11.1. The minimum absolute atomic E-state index is 0.0261. The molecule has 0 radical (unpaired) electrons. The molecular weight excluding hydrogens is 441 g/mol. The summed E-state index contributed by atoms with van der Waals surface area (Å²) in [7, 11) is 0. The molecule has 7 heteroatoms. The second kappa shape index (κ2) is 8.37. The van der Waals surface area contributed by atoms with Crippen molar-refractivity contribution in [3.05, 3.63) is 106 Å². The number of phenols is 1. The lowest BCUT2D eigenvalue weighted by Crippen LogP contribution is -2.29. The quantitative estimate of drug-likeness (QED) is 0.389. The van der Waals surface area contributed by atoms with Gasteiger partial charge in [-0.25, -0.2) is 4.39 Å². The van der Waals surface area contributed by atoms with E-state index in [0.717, 1.165) is 17.5 Å². The molecule has 1 unspecified atom stereocenters. The number of benzene rings is 3. The van der Waals surface area contributed by atoms with E-state index in [9.17, 15) is 14.3 Å². The molecule has 1 aromatic heterocycles. The molecule has 0 fully saturated rings. The summed E-state index contributed by atoms with van der Waals surface area (Å²) in [5, 5.41) is 18.2. The molecule has 1 atom stereocenters. The van der Waals surface area contributed by atoms with Crippen molar-refractivity contribution in [2.75, 3.05) is 0 Å². The van der Waals surface area contributed by atoms with Crippen LogP contribution in [0.1, 0.15) is 45.7 Å². The Morgan fingerprint density at radius 1 is 1.06 bits per heavy atom. The second-order valence-corrected chi connectivity index (χ2v) is 8.52. The smallest absolute Gasteiger partial charge is 0.273 e. The van der Waals surface area contributed by atoms with Crippen molar-refractivity contribution in [3.63, 3.8) is 0 Å². The van der Waals surface area contributed by atoms with E-state index in [1.165, 1.54) is 23.8 Å². The number of phenolic OH excluding ortho intramolecular Hbond substituents is 1. The van der Waals surface area contributed by atoms with Crippen LogP contribution < -0.4 is 0 Å². The Labute approximate surface area is 195 Å². The molecule has 4 aromatic rings. The van der Waals surface area contributed by atoms with Crippen LogP contribution in [0.2, 0.25) is 5.02 Å². The Morgan fingerprint density at radius 2 is 1.76 bits per heavy atom. The maximum atomic E-state index is 13.5. The highest BCUT2D eigenvalue weighted by Crippen LogP contribution is 2.45. The normalized spacial score (nSPS) is 15.2. The van der Waals surface area contributed by atoms with Crippen LogP contribution in [0.15, 0.2) is 66.7 Å². The van der Waals surface area contributed by atoms with Crippen molar-refractivity contribution >= 4 is 17.5 Å². The van der Waals surface area contributed by atoms with E-state index in [1.54, 1.807) is 29.2 Å². The van der Waals surface area contributed by atoms with Gasteiger partial charge in [0.25, 0.3) is 5.91 Å². The van der Waals surface area contributed by atoms with Crippen LogP contribution in [0, 0.1) is 5.82 Å². The number of halogens is 2. The fourth-order valence-electron chi connectivity index (χ4n) is 4.33. The summed E-state index contributed by atoms with van der Waals surface area (Å²) >= 11 is 6.19. The van der Waals surface area contributed by atoms with Crippen molar-refractivity contribution in [1.82, 2.24) is 15.1 Å². The fraction of sp³-hybridized carbons (Fsp3) is 0.154. The second-order valence-electron chi connectivity index (χ2n) is 8.08. The molecule has 3 aromatic carbocycles.